The lowest BCUT2D eigenvalue weighted by atomic mass is 9.92. The molecule has 0 aromatic carbocycles. The normalized spacial score (nSPS) is 24.3. The van der Waals surface area contributed by atoms with E-state index in [1.54, 1.807) is 12.3 Å². The molecule has 0 spiro atoms. The first-order chi connectivity index (χ1) is 8.16. The van der Waals surface area contributed by atoms with Gasteiger partial charge in [-0.05, 0) is 31.7 Å². The fraction of sp³-hybridized carbons (Fsp3) is 0.545. The van der Waals surface area contributed by atoms with E-state index >= 15 is 0 Å². The van der Waals surface area contributed by atoms with Crippen LogP contribution in [-0.2, 0) is 0 Å². The van der Waals surface area contributed by atoms with E-state index in [9.17, 15) is 10.1 Å². The third-order valence-corrected chi connectivity index (χ3v) is 3.10. The zero-order valence-electron chi connectivity index (χ0n) is 9.50. The summed E-state index contributed by atoms with van der Waals surface area (Å²) in [5.41, 5.74) is 5.85. The second-order valence-corrected chi connectivity index (χ2v) is 4.38. The van der Waals surface area contributed by atoms with Crippen LogP contribution in [0.4, 0.5) is 11.5 Å². The van der Waals surface area contributed by atoms with Crippen LogP contribution in [-0.4, -0.2) is 22.0 Å². The number of anilines is 1. The van der Waals surface area contributed by atoms with E-state index < -0.39 is 4.92 Å². The fourth-order valence-corrected chi connectivity index (χ4v) is 2.11. The van der Waals surface area contributed by atoms with E-state index in [1.807, 2.05) is 0 Å². The van der Waals surface area contributed by atoms with Crippen molar-refractivity contribution in [3.8, 4) is 0 Å². The number of aromatic nitrogens is 1. The molecule has 6 heteroatoms. The van der Waals surface area contributed by atoms with Gasteiger partial charge in [-0.1, -0.05) is 0 Å². The number of nitrogens with two attached hydrogens (primary N) is 1. The lowest BCUT2D eigenvalue weighted by Crippen LogP contribution is -2.33. The van der Waals surface area contributed by atoms with Crippen LogP contribution in [0.2, 0.25) is 0 Å². The van der Waals surface area contributed by atoms with Crippen LogP contribution in [0.25, 0.3) is 0 Å². The van der Waals surface area contributed by atoms with Gasteiger partial charge in [0.2, 0.25) is 5.82 Å². The third-order valence-electron chi connectivity index (χ3n) is 3.10. The zero-order chi connectivity index (χ0) is 12.3. The second kappa shape index (κ2) is 5.09. The summed E-state index contributed by atoms with van der Waals surface area (Å²) in [7, 11) is 0. The quantitative estimate of drug-likeness (QED) is 0.615. The summed E-state index contributed by atoms with van der Waals surface area (Å²) in [5.74, 6) is 0.359. The van der Waals surface area contributed by atoms with Gasteiger partial charge in [-0.25, -0.2) is 4.98 Å². The Morgan fingerprint density at radius 3 is 2.76 bits per heavy atom. The van der Waals surface area contributed by atoms with Gasteiger partial charge in [0.05, 0.1) is 4.92 Å². The summed E-state index contributed by atoms with van der Waals surface area (Å²) >= 11 is 0. The molecule has 1 aliphatic carbocycles. The molecule has 2 rings (SSSR count). The van der Waals surface area contributed by atoms with Crippen molar-refractivity contribution in [2.45, 2.75) is 37.8 Å². The van der Waals surface area contributed by atoms with Crippen molar-refractivity contribution >= 4 is 11.5 Å². The number of hydrogen-bond acceptors (Lipinski definition) is 5. The van der Waals surface area contributed by atoms with Crippen LogP contribution in [0.1, 0.15) is 25.7 Å². The summed E-state index contributed by atoms with van der Waals surface area (Å²) in [6.45, 7) is 0. The lowest BCUT2D eigenvalue weighted by molar-refractivity contribution is -0.384. The molecular formula is C11H16N4O2. The summed E-state index contributed by atoms with van der Waals surface area (Å²) < 4.78 is 0. The second-order valence-electron chi connectivity index (χ2n) is 4.38. The molecular weight excluding hydrogens is 220 g/mol. The molecule has 0 atom stereocenters. The fourth-order valence-electron chi connectivity index (χ4n) is 2.11. The van der Waals surface area contributed by atoms with Gasteiger partial charge in [0, 0.05) is 24.3 Å². The van der Waals surface area contributed by atoms with E-state index in [4.69, 9.17) is 5.73 Å². The van der Waals surface area contributed by atoms with Crippen LogP contribution >= 0.6 is 0 Å². The molecule has 0 aliphatic heterocycles. The van der Waals surface area contributed by atoms with Crippen LogP contribution in [0, 0.1) is 10.1 Å². The Morgan fingerprint density at radius 2 is 2.12 bits per heavy atom. The van der Waals surface area contributed by atoms with Gasteiger partial charge in [0.25, 0.3) is 0 Å². The molecule has 1 heterocycles. The summed E-state index contributed by atoms with van der Waals surface area (Å²) in [4.78, 5) is 14.4. The minimum absolute atomic E-state index is 0.0300. The van der Waals surface area contributed by atoms with Gasteiger partial charge < -0.3 is 11.1 Å². The summed E-state index contributed by atoms with van der Waals surface area (Å²) in [6.07, 6.45) is 5.35. The Hall–Kier alpha value is -1.69. The van der Waals surface area contributed by atoms with E-state index in [2.05, 4.69) is 10.3 Å². The van der Waals surface area contributed by atoms with Gasteiger partial charge in [0.1, 0.15) is 0 Å². The lowest BCUT2D eigenvalue weighted by Gasteiger charge is -2.26. The topological polar surface area (TPSA) is 94.1 Å². The molecule has 0 amide bonds. The van der Waals surface area contributed by atoms with Crippen molar-refractivity contribution in [1.29, 1.82) is 0 Å². The molecule has 6 nitrogen and oxygen atoms in total. The van der Waals surface area contributed by atoms with Gasteiger partial charge in [-0.2, -0.15) is 0 Å². The highest BCUT2D eigenvalue weighted by Crippen LogP contribution is 2.25. The van der Waals surface area contributed by atoms with Gasteiger partial charge in [0.15, 0.2) is 0 Å². The molecule has 0 bridgehead atoms. The predicted molar refractivity (Wildman–Crippen MR) is 64.7 cm³/mol. The molecule has 0 radical (unpaired) electrons. The first kappa shape index (κ1) is 11.8. The Bertz CT molecular complexity index is 402. The molecule has 1 fully saturated rings. The summed E-state index contributed by atoms with van der Waals surface area (Å²) in [6, 6.07) is 3.54. The van der Waals surface area contributed by atoms with E-state index in [0.29, 0.717) is 5.82 Å². The molecule has 92 valence electrons. The van der Waals surface area contributed by atoms with E-state index in [-0.39, 0.29) is 17.8 Å². The highest BCUT2D eigenvalue weighted by atomic mass is 16.6. The van der Waals surface area contributed by atoms with Crippen LogP contribution in [0.3, 0.4) is 0 Å². The number of nitrogens with zero attached hydrogens (tertiary/aromatic N) is 2. The van der Waals surface area contributed by atoms with Gasteiger partial charge in [-0.3, -0.25) is 10.1 Å². The van der Waals surface area contributed by atoms with Gasteiger partial charge >= 0.3 is 5.69 Å². The standard InChI is InChI=1S/C11H16N4O2/c12-8-3-5-9(6-4-8)14-11-10(15(16)17)2-1-7-13-11/h1-2,7-9H,3-6,12H2,(H,13,14)/t8-,9+. The van der Waals surface area contributed by atoms with Crippen molar-refractivity contribution < 1.29 is 4.92 Å². The molecule has 1 aliphatic rings. The van der Waals surface area contributed by atoms with Gasteiger partial charge in [-0.15, -0.1) is 0 Å². The minimum Gasteiger partial charge on any atom is -0.362 e. The monoisotopic (exact) mass is 236 g/mol. The SMILES string of the molecule is N[C@H]1CC[C@@H](Nc2ncccc2[N+](=O)[O-])CC1. The number of pyridine rings is 1. The summed E-state index contributed by atoms with van der Waals surface area (Å²) in [5, 5.41) is 14.0. The molecule has 0 unspecified atom stereocenters. The Kier molecular flexibility index (Phi) is 3.53. The van der Waals surface area contributed by atoms with Crippen LogP contribution in [0.15, 0.2) is 18.3 Å². The van der Waals surface area contributed by atoms with Crippen molar-refractivity contribution in [2.75, 3.05) is 5.32 Å². The number of nitrogens with one attached hydrogen (secondary N) is 1. The molecule has 1 saturated carbocycles. The number of rotatable bonds is 3. The van der Waals surface area contributed by atoms with Crippen molar-refractivity contribution in [3.63, 3.8) is 0 Å². The molecule has 3 N–H and O–H groups in total. The van der Waals surface area contributed by atoms with E-state index in [1.165, 1.54) is 6.07 Å². The highest BCUT2D eigenvalue weighted by Gasteiger charge is 2.22. The minimum atomic E-state index is -0.413. The highest BCUT2D eigenvalue weighted by molar-refractivity contribution is 5.55. The van der Waals surface area contributed by atoms with Crippen LogP contribution < -0.4 is 11.1 Å². The Morgan fingerprint density at radius 1 is 1.41 bits per heavy atom. The van der Waals surface area contributed by atoms with Crippen molar-refractivity contribution in [2.24, 2.45) is 5.73 Å². The predicted octanol–water partition coefficient (Wildman–Crippen LogP) is 1.67. The molecule has 17 heavy (non-hydrogen) atoms. The largest absolute Gasteiger partial charge is 0.362 e. The Balaban J connectivity index is 2.05. The molecule has 1 aromatic rings. The first-order valence-electron chi connectivity index (χ1n) is 5.78. The maximum atomic E-state index is 10.8. The third kappa shape index (κ3) is 2.91. The number of nitro groups is 1. The van der Waals surface area contributed by atoms with Crippen LogP contribution in [0.5, 0.6) is 0 Å². The van der Waals surface area contributed by atoms with Crippen molar-refractivity contribution in [1.82, 2.24) is 4.98 Å². The zero-order valence-corrected chi connectivity index (χ0v) is 9.50. The molecule has 0 saturated heterocycles. The first-order valence-corrected chi connectivity index (χ1v) is 5.78. The molecule has 1 aromatic heterocycles. The van der Waals surface area contributed by atoms with Crippen molar-refractivity contribution in [3.05, 3.63) is 28.4 Å². The average Bonchev–Trinajstić information content (AvgIpc) is 2.32. The number of hydrogen-bond donors (Lipinski definition) is 2. The van der Waals surface area contributed by atoms with E-state index in [0.717, 1.165) is 25.7 Å². The Labute approximate surface area is 99.4 Å². The maximum absolute atomic E-state index is 10.8. The average molecular weight is 236 g/mol. The maximum Gasteiger partial charge on any atom is 0.311 e. The smallest absolute Gasteiger partial charge is 0.311 e.